The summed E-state index contributed by atoms with van der Waals surface area (Å²) >= 11 is 0. The molecule has 7 nitrogen and oxygen atoms in total. The zero-order valence-electron chi connectivity index (χ0n) is 15.9. The van der Waals surface area contributed by atoms with Crippen molar-refractivity contribution in [2.24, 2.45) is 0 Å². The number of sulfonamides is 1. The van der Waals surface area contributed by atoms with E-state index < -0.39 is 10.0 Å². The normalized spacial score (nSPS) is 17.3. The Balaban J connectivity index is 1.62. The van der Waals surface area contributed by atoms with Crippen molar-refractivity contribution in [1.29, 1.82) is 0 Å². The quantitative estimate of drug-likeness (QED) is 0.766. The highest BCUT2D eigenvalue weighted by Crippen LogP contribution is 2.21. The SMILES string of the molecule is CS(=O)(=O)NC[C@H]1CCCCN1C(=O)c1ccc(OCc2cccnc2)cc1. The molecule has 1 aromatic heterocycles. The lowest BCUT2D eigenvalue weighted by molar-refractivity contribution is 0.0618. The summed E-state index contributed by atoms with van der Waals surface area (Å²) in [6, 6.07) is 10.7. The van der Waals surface area contributed by atoms with Gasteiger partial charge in [-0.25, -0.2) is 13.1 Å². The van der Waals surface area contributed by atoms with E-state index in [1.165, 1.54) is 0 Å². The van der Waals surface area contributed by atoms with Gasteiger partial charge in [0.2, 0.25) is 10.0 Å². The Bertz CT molecular complexity index is 885. The Morgan fingerprint density at radius 3 is 2.71 bits per heavy atom. The number of nitrogens with zero attached hydrogens (tertiary/aromatic N) is 2. The Labute approximate surface area is 165 Å². The minimum Gasteiger partial charge on any atom is -0.489 e. The van der Waals surface area contributed by atoms with E-state index in [1.54, 1.807) is 41.6 Å². The molecule has 2 heterocycles. The van der Waals surface area contributed by atoms with Crippen molar-refractivity contribution in [2.75, 3.05) is 19.3 Å². The highest BCUT2D eigenvalue weighted by Gasteiger charge is 2.28. The zero-order chi connectivity index (χ0) is 20.0. The van der Waals surface area contributed by atoms with Crippen LogP contribution in [0.5, 0.6) is 5.75 Å². The topological polar surface area (TPSA) is 88.6 Å². The van der Waals surface area contributed by atoms with Crippen molar-refractivity contribution >= 4 is 15.9 Å². The van der Waals surface area contributed by atoms with E-state index in [-0.39, 0.29) is 18.5 Å². The molecule has 28 heavy (non-hydrogen) atoms. The predicted molar refractivity (Wildman–Crippen MR) is 107 cm³/mol. The Morgan fingerprint density at radius 2 is 2.04 bits per heavy atom. The summed E-state index contributed by atoms with van der Waals surface area (Å²) in [4.78, 5) is 18.7. The minimum atomic E-state index is -3.28. The molecule has 0 bridgehead atoms. The lowest BCUT2D eigenvalue weighted by atomic mass is 10.0. The monoisotopic (exact) mass is 403 g/mol. The van der Waals surface area contributed by atoms with Gasteiger partial charge in [0.25, 0.3) is 5.91 Å². The van der Waals surface area contributed by atoms with Crippen LogP contribution in [0.15, 0.2) is 48.8 Å². The average Bonchev–Trinajstić information content (AvgIpc) is 2.71. The van der Waals surface area contributed by atoms with Crippen molar-refractivity contribution in [2.45, 2.75) is 31.9 Å². The molecule has 1 aliphatic rings. The second-order valence-electron chi connectivity index (χ2n) is 6.94. The van der Waals surface area contributed by atoms with Gasteiger partial charge in [0, 0.05) is 42.7 Å². The van der Waals surface area contributed by atoms with Crippen LogP contribution in [0.4, 0.5) is 0 Å². The van der Waals surface area contributed by atoms with Crippen molar-refractivity contribution in [3.8, 4) is 5.75 Å². The van der Waals surface area contributed by atoms with Gasteiger partial charge < -0.3 is 9.64 Å². The van der Waals surface area contributed by atoms with Crippen LogP contribution in [0.2, 0.25) is 0 Å². The third-order valence-corrected chi connectivity index (χ3v) is 5.39. The molecule has 1 fully saturated rings. The maximum Gasteiger partial charge on any atom is 0.254 e. The summed E-state index contributed by atoms with van der Waals surface area (Å²) in [5, 5.41) is 0. The summed E-state index contributed by atoms with van der Waals surface area (Å²) in [5.41, 5.74) is 1.54. The molecular formula is C20H25N3O4S. The minimum absolute atomic E-state index is 0.0844. The van der Waals surface area contributed by atoms with Crippen molar-refractivity contribution in [3.63, 3.8) is 0 Å². The first kappa shape index (κ1) is 20.3. The van der Waals surface area contributed by atoms with E-state index in [1.807, 2.05) is 12.1 Å². The van der Waals surface area contributed by atoms with Crippen LogP contribution in [0.3, 0.4) is 0 Å². The van der Waals surface area contributed by atoms with E-state index in [0.29, 0.717) is 24.5 Å². The molecule has 150 valence electrons. The van der Waals surface area contributed by atoms with Gasteiger partial charge in [-0.1, -0.05) is 6.07 Å². The maximum absolute atomic E-state index is 12.9. The Morgan fingerprint density at radius 1 is 1.25 bits per heavy atom. The van der Waals surface area contributed by atoms with Crippen molar-refractivity contribution in [1.82, 2.24) is 14.6 Å². The second-order valence-corrected chi connectivity index (χ2v) is 8.78. The third-order valence-electron chi connectivity index (χ3n) is 4.70. The van der Waals surface area contributed by atoms with E-state index >= 15 is 0 Å². The summed E-state index contributed by atoms with van der Waals surface area (Å²) in [6.07, 6.45) is 7.29. The average molecular weight is 404 g/mol. The lowest BCUT2D eigenvalue weighted by Gasteiger charge is -2.35. The van der Waals surface area contributed by atoms with Gasteiger partial charge in [0.05, 0.1) is 6.26 Å². The van der Waals surface area contributed by atoms with Gasteiger partial charge in [-0.15, -0.1) is 0 Å². The number of amides is 1. The third kappa shape index (κ3) is 5.77. The van der Waals surface area contributed by atoms with Gasteiger partial charge >= 0.3 is 0 Å². The zero-order valence-corrected chi connectivity index (χ0v) is 16.7. The molecule has 0 radical (unpaired) electrons. The number of aromatic nitrogens is 1. The molecule has 0 saturated carbocycles. The van der Waals surface area contributed by atoms with Gasteiger partial charge in [-0.05, 0) is 49.6 Å². The molecule has 0 unspecified atom stereocenters. The fraction of sp³-hybridized carbons (Fsp3) is 0.400. The molecular weight excluding hydrogens is 378 g/mol. The molecule has 0 aliphatic carbocycles. The van der Waals surface area contributed by atoms with Crippen LogP contribution in [-0.4, -0.2) is 49.6 Å². The number of nitrogens with one attached hydrogen (secondary N) is 1. The standard InChI is InChI=1S/C20H25N3O4S/c1-28(25,26)22-14-18-6-2-3-12-23(18)20(24)17-7-9-19(10-8-17)27-15-16-5-4-11-21-13-16/h4-5,7-11,13,18,22H,2-3,6,12,14-15H2,1H3/t18-/m1/s1. The number of carbonyl (C=O) groups excluding carboxylic acids is 1. The van der Waals surface area contributed by atoms with Crippen molar-refractivity contribution in [3.05, 3.63) is 59.9 Å². The second kappa shape index (κ2) is 9.16. The smallest absolute Gasteiger partial charge is 0.254 e. The highest BCUT2D eigenvalue weighted by molar-refractivity contribution is 7.88. The summed E-state index contributed by atoms with van der Waals surface area (Å²) in [5.74, 6) is 0.591. The van der Waals surface area contributed by atoms with Gasteiger partial charge in [-0.3, -0.25) is 9.78 Å². The van der Waals surface area contributed by atoms with E-state index in [9.17, 15) is 13.2 Å². The number of hydrogen-bond donors (Lipinski definition) is 1. The highest BCUT2D eigenvalue weighted by atomic mass is 32.2. The first-order valence-corrected chi connectivity index (χ1v) is 11.2. The number of carbonyl (C=O) groups is 1. The van der Waals surface area contributed by atoms with Crippen LogP contribution in [0.1, 0.15) is 35.2 Å². The number of piperidine rings is 1. The van der Waals surface area contributed by atoms with E-state index in [4.69, 9.17) is 4.74 Å². The summed E-state index contributed by atoms with van der Waals surface area (Å²) in [7, 11) is -3.28. The molecule has 1 aromatic carbocycles. The lowest BCUT2D eigenvalue weighted by Crippen LogP contribution is -2.49. The first-order valence-electron chi connectivity index (χ1n) is 9.30. The molecule has 1 atom stereocenters. The van der Waals surface area contributed by atoms with Gasteiger partial charge in [-0.2, -0.15) is 0 Å². The predicted octanol–water partition coefficient (Wildman–Crippen LogP) is 2.20. The number of ether oxygens (including phenoxy) is 1. The first-order chi connectivity index (χ1) is 13.4. The number of rotatable bonds is 7. The summed E-state index contributed by atoms with van der Waals surface area (Å²) in [6.45, 7) is 1.29. The Kier molecular flexibility index (Phi) is 6.64. The molecule has 1 saturated heterocycles. The number of pyridine rings is 1. The fourth-order valence-corrected chi connectivity index (χ4v) is 3.73. The van der Waals surface area contributed by atoms with Gasteiger partial charge in [0.1, 0.15) is 12.4 Å². The van der Waals surface area contributed by atoms with Crippen LogP contribution in [-0.2, 0) is 16.6 Å². The van der Waals surface area contributed by atoms with Crippen LogP contribution < -0.4 is 9.46 Å². The molecule has 1 amide bonds. The molecule has 1 N–H and O–H groups in total. The number of benzene rings is 1. The maximum atomic E-state index is 12.9. The van der Waals surface area contributed by atoms with Crippen LogP contribution in [0.25, 0.3) is 0 Å². The molecule has 8 heteroatoms. The molecule has 3 rings (SSSR count). The van der Waals surface area contributed by atoms with Gasteiger partial charge in [0.15, 0.2) is 0 Å². The molecule has 0 spiro atoms. The number of likely N-dealkylation sites (tertiary alicyclic amines) is 1. The Hall–Kier alpha value is -2.45. The summed E-state index contributed by atoms with van der Waals surface area (Å²) < 4.78 is 31.0. The van der Waals surface area contributed by atoms with Crippen LogP contribution >= 0.6 is 0 Å². The van der Waals surface area contributed by atoms with E-state index in [0.717, 1.165) is 31.1 Å². The fourth-order valence-electron chi connectivity index (χ4n) is 3.24. The van der Waals surface area contributed by atoms with Crippen molar-refractivity contribution < 1.29 is 17.9 Å². The largest absolute Gasteiger partial charge is 0.489 e. The van der Waals surface area contributed by atoms with E-state index in [2.05, 4.69) is 9.71 Å². The molecule has 2 aromatic rings. The number of hydrogen-bond acceptors (Lipinski definition) is 5. The molecule has 1 aliphatic heterocycles. The van der Waals surface area contributed by atoms with Crippen LogP contribution in [0, 0.1) is 0 Å².